The molecule has 1 aliphatic rings. The first-order valence-corrected chi connectivity index (χ1v) is 8.41. The van der Waals surface area contributed by atoms with Gasteiger partial charge in [-0.1, -0.05) is 60.3 Å². The van der Waals surface area contributed by atoms with E-state index in [1.165, 1.54) is 5.56 Å². The third-order valence-corrected chi connectivity index (χ3v) is 4.61. The zero-order valence-corrected chi connectivity index (χ0v) is 13.1. The van der Waals surface area contributed by atoms with E-state index in [0.717, 1.165) is 30.4 Å². The number of carbonyl (C=O) groups excluding carboxylic acids is 1. The van der Waals surface area contributed by atoms with Gasteiger partial charge in [0.1, 0.15) is 0 Å². The average Bonchev–Trinajstić information content (AvgIpc) is 2.58. The number of benzene rings is 2. The topological polar surface area (TPSA) is 32.7 Å². The van der Waals surface area contributed by atoms with Gasteiger partial charge in [0, 0.05) is 24.4 Å². The number of thioether (sulfide) groups is 1. The predicted octanol–water partition coefficient (Wildman–Crippen LogP) is 3.82. The molecule has 1 aliphatic heterocycles. The maximum atomic E-state index is 12.3. The number of nitrogens with zero attached hydrogens (tertiary/aromatic N) is 2. The highest BCUT2D eigenvalue weighted by Crippen LogP contribution is 2.21. The van der Waals surface area contributed by atoms with E-state index in [-0.39, 0.29) is 5.91 Å². The molecule has 1 saturated heterocycles. The fourth-order valence-corrected chi connectivity index (χ4v) is 3.33. The van der Waals surface area contributed by atoms with Crippen molar-refractivity contribution in [1.29, 1.82) is 0 Å². The summed E-state index contributed by atoms with van der Waals surface area (Å²) in [4.78, 5) is 18.8. The first-order valence-electron chi connectivity index (χ1n) is 7.43. The minimum absolute atomic E-state index is 0.164. The summed E-state index contributed by atoms with van der Waals surface area (Å²) in [5.74, 6) is 0.856. The van der Waals surface area contributed by atoms with Crippen LogP contribution in [0.5, 0.6) is 0 Å². The highest BCUT2D eigenvalue weighted by atomic mass is 32.2. The molecule has 0 aromatic heterocycles. The van der Waals surface area contributed by atoms with Crippen LogP contribution in [0.25, 0.3) is 0 Å². The summed E-state index contributed by atoms with van der Waals surface area (Å²) in [6.45, 7) is 1.75. The molecule has 0 unspecified atom stereocenters. The van der Waals surface area contributed by atoms with Gasteiger partial charge in [-0.15, -0.1) is 0 Å². The molecule has 22 heavy (non-hydrogen) atoms. The Hall–Kier alpha value is -2.07. The highest BCUT2D eigenvalue weighted by Gasteiger charge is 2.19. The van der Waals surface area contributed by atoms with E-state index in [1.54, 1.807) is 23.9 Å². The van der Waals surface area contributed by atoms with Crippen molar-refractivity contribution in [3.05, 3.63) is 71.8 Å². The largest absolute Gasteiger partial charge is 0.347 e. The molecule has 4 heteroatoms. The fraction of sp³-hybridized carbons (Fsp3) is 0.222. The molecule has 0 radical (unpaired) electrons. The maximum absolute atomic E-state index is 12.3. The minimum Gasteiger partial charge on any atom is -0.347 e. The Bertz CT molecular complexity index is 655. The molecule has 0 bridgehead atoms. The Labute approximate surface area is 135 Å². The lowest BCUT2D eigenvalue weighted by Gasteiger charge is -2.29. The molecule has 0 aliphatic carbocycles. The Morgan fingerprint density at radius 1 is 1.05 bits per heavy atom. The second-order valence-electron chi connectivity index (χ2n) is 5.17. The standard InChI is InChI=1S/C18H18N2OS/c21-17(16-10-5-2-6-11-16)19-18-20(12-7-13-22-18)14-15-8-3-1-4-9-15/h1-6,8-11H,7,12-14H2. The first-order chi connectivity index (χ1) is 10.8. The van der Waals surface area contributed by atoms with E-state index < -0.39 is 0 Å². The van der Waals surface area contributed by atoms with Crippen LogP contribution in [0, 0.1) is 0 Å². The van der Waals surface area contributed by atoms with Gasteiger partial charge in [-0.05, 0) is 24.1 Å². The molecule has 3 nitrogen and oxygen atoms in total. The monoisotopic (exact) mass is 310 g/mol. The zero-order chi connectivity index (χ0) is 15.2. The average molecular weight is 310 g/mol. The van der Waals surface area contributed by atoms with Gasteiger partial charge in [-0.25, -0.2) is 0 Å². The molecule has 0 N–H and O–H groups in total. The number of carbonyl (C=O) groups is 1. The van der Waals surface area contributed by atoms with Gasteiger partial charge in [0.15, 0.2) is 5.17 Å². The van der Waals surface area contributed by atoms with Crippen LogP contribution in [0.3, 0.4) is 0 Å². The number of amides is 1. The summed E-state index contributed by atoms with van der Waals surface area (Å²) in [6.07, 6.45) is 1.12. The SMILES string of the molecule is O=C(N=C1SCCCN1Cc1ccccc1)c1ccccc1. The summed E-state index contributed by atoms with van der Waals surface area (Å²) in [5.41, 5.74) is 1.88. The van der Waals surface area contributed by atoms with Crippen molar-refractivity contribution in [2.24, 2.45) is 4.99 Å². The molecule has 3 rings (SSSR count). The van der Waals surface area contributed by atoms with Gasteiger partial charge in [0.25, 0.3) is 5.91 Å². The van der Waals surface area contributed by atoms with Gasteiger partial charge >= 0.3 is 0 Å². The van der Waals surface area contributed by atoms with E-state index in [2.05, 4.69) is 22.0 Å². The fourth-order valence-electron chi connectivity index (χ4n) is 2.39. The number of amidine groups is 1. The van der Waals surface area contributed by atoms with Gasteiger partial charge in [-0.2, -0.15) is 4.99 Å². The second kappa shape index (κ2) is 7.27. The van der Waals surface area contributed by atoms with Crippen LogP contribution in [-0.2, 0) is 6.54 Å². The quantitative estimate of drug-likeness (QED) is 0.864. The predicted molar refractivity (Wildman–Crippen MR) is 92.1 cm³/mol. The van der Waals surface area contributed by atoms with Crippen molar-refractivity contribution in [2.45, 2.75) is 13.0 Å². The summed E-state index contributed by atoms with van der Waals surface area (Å²) in [5, 5.41) is 0.837. The molecular formula is C18H18N2OS. The number of rotatable bonds is 3. The Morgan fingerprint density at radius 2 is 1.73 bits per heavy atom. The van der Waals surface area contributed by atoms with Crippen LogP contribution in [0.15, 0.2) is 65.7 Å². The summed E-state index contributed by atoms with van der Waals surface area (Å²) in [6, 6.07) is 19.6. The Balaban J connectivity index is 1.77. The van der Waals surface area contributed by atoms with Gasteiger partial charge in [-0.3, -0.25) is 4.79 Å². The van der Waals surface area contributed by atoms with Crippen molar-refractivity contribution < 1.29 is 4.79 Å². The van der Waals surface area contributed by atoms with Crippen LogP contribution in [-0.4, -0.2) is 28.3 Å². The Kier molecular flexibility index (Phi) is 4.91. The van der Waals surface area contributed by atoms with Crippen LogP contribution in [0.2, 0.25) is 0 Å². The molecule has 0 spiro atoms. The van der Waals surface area contributed by atoms with E-state index in [9.17, 15) is 4.79 Å². The van der Waals surface area contributed by atoms with Crippen LogP contribution in [0.4, 0.5) is 0 Å². The van der Waals surface area contributed by atoms with Crippen LogP contribution < -0.4 is 0 Å². The second-order valence-corrected chi connectivity index (χ2v) is 6.24. The molecule has 112 valence electrons. The molecule has 1 heterocycles. The summed E-state index contributed by atoms with van der Waals surface area (Å²) >= 11 is 1.67. The molecule has 2 aromatic carbocycles. The first kappa shape index (κ1) is 14.9. The van der Waals surface area contributed by atoms with Crippen molar-refractivity contribution in [2.75, 3.05) is 12.3 Å². The molecule has 1 fully saturated rings. The van der Waals surface area contributed by atoms with E-state index in [4.69, 9.17) is 0 Å². The summed E-state index contributed by atoms with van der Waals surface area (Å²) < 4.78 is 0. The lowest BCUT2D eigenvalue weighted by Crippen LogP contribution is -2.34. The molecular weight excluding hydrogens is 292 g/mol. The summed E-state index contributed by atoms with van der Waals surface area (Å²) in [7, 11) is 0. The van der Waals surface area contributed by atoms with Crippen LogP contribution in [0.1, 0.15) is 22.3 Å². The van der Waals surface area contributed by atoms with Crippen LogP contribution >= 0.6 is 11.8 Å². The number of hydrogen-bond donors (Lipinski definition) is 0. The third kappa shape index (κ3) is 3.77. The van der Waals surface area contributed by atoms with Gasteiger partial charge in [0.2, 0.25) is 0 Å². The number of aliphatic imine (C=N–C) groups is 1. The van der Waals surface area contributed by atoms with Crippen molar-refractivity contribution in [1.82, 2.24) is 4.90 Å². The zero-order valence-electron chi connectivity index (χ0n) is 12.3. The Morgan fingerprint density at radius 3 is 2.45 bits per heavy atom. The smallest absolute Gasteiger partial charge is 0.279 e. The molecule has 2 aromatic rings. The maximum Gasteiger partial charge on any atom is 0.279 e. The van der Waals surface area contributed by atoms with E-state index in [0.29, 0.717) is 5.56 Å². The number of hydrogen-bond acceptors (Lipinski definition) is 2. The highest BCUT2D eigenvalue weighted by molar-refractivity contribution is 8.13. The van der Waals surface area contributed by atoms with E-state index >= 15 is 0 Å². The van der Waals surface area contributed by atoms with Crippen molar-refractivity contribution >= 4 is 22.8 Å². The third-order valence-electron chi connectivity index (χ3n) is 3.51. The van der Waals surface area contributed by atoms with Crippen molar-refractivity contribution in [3.8, 4) is 0 Å². The lowest BCUT2D eigenvalue weighted by molar-refractivity contribution is 0.100. The normalized spacial score (nSPS) is 16.7. The molecule has 0 saturated carbocycles. The van der Waals surface area contributed by atoms with Gasteiger partial charge in [0.05, 0.1) is 0 Å². The molecule has 0 atom stereocenters. The lowest BCUT2D eigenvalue weighted by atomic mass is 10.2. The van der Waals surface area contributed by atoms with Gasteiger partial charge < -0.3 is 4.90 Å². The van der Waals surface area contributed by atoms with E-state index in [1.807, 2.05) is 36.4 Å². The van der Waals surface area contributed by atoms with Crippen molar-refractivity contribution in [3.63, 3.8) is 0 Å². The molecule has 1 amide bonds. The minimum atomic E-state index is -0.164.